The lowest BCUT2D eigenvalue weighted by molar-refractivity contribution is -0.124. The van der Waals surface area contributed by atoms with Crippen molar-refractivity contribution in [1.82, 2.24) is 15.1 Å². The molecule has 0 bridgehead atoms. The lowest BCUT2D eigenvalue weighted by Crippen LogP contribution is -2.51. The molecule has 0 unspecified atom stereocenters. The fraction of sp³-hybridized carbons (Fsp3) is 0.579. The van der Waals surface area contributed by atoms with Crippen LogP contribution in [0.15, 0.2) is 30.3 Å². The van der Waals surface area contributed by atoms with Gasteiger partial charge in [-0.25, -0.2) is 0 Å². The van der Waals surface area contributed by atoms with E-state index in [1.807, 2.05) is 30.3 Å². The molecule has 2 N–H and O–H groups in total. The van der Waals surface area contributed by atoms with Gasteiger partial charge in [0.1, 0.15) is 0 Å². The number of nitrogens with one attached hydrogen (secondary N) is 2. The van der Waals surface area contributed by atoms with Crippen LogP contribution in [0.1, 0.15) is 19.8 Å². The Hall–Kier alpha value is -1.92. The Morgan fingerprint density at radius 2 is 1.56 bits per heavy atom. The molecule has 1 heterocycles. The highest BCUT2D eigenvalue weighted by Gasteiger charge is 2.29. The third kappa shape index (κ3) is 5.83. The van der Waals surface area contributed by atoms with Crippen molar-refractivity contribution in [3.63, 3.8) is 0 Å². The number of rotatable bonds is 7. The molecule has 2 aliphatic rings. The predicted molar refractivity (Wildman–Crippen MR) is 98.3 cm³/mol. The Balaban J connectivity index is 1.34. The van der Waals surface area contributed by atoms with Crippen LogP contribution in [0.2, 0.25) is 0 Å². The molecule has 136 valence electrons. The lowest BCUT2D eigenvalue weighted by Gasteiger charge is -2.34. The van der Waals surface area contributed by atoms with Crippen molar-refractivity contribution in [2.24, 2.45) is 5.92 Å². The van der Waals surface area contributed by atoms with E-state index in [9.17, 15) is 9.59 Å². The highest BCUT2D eigenvalue weighted by molar-refractivity contribution is 5.92. The maximum Gasteiger partial charge on any atom is 0.238 e. The first-order valence-corrected chi connectivity index (χ1v) is 9.19. The van der Waals surface area contributed by atoms with Crippen molar-refractivity contribution in [3.05, 3.63) is 30.3 Å². The first kappa shape index (κ1) is 17.9. The summed E-state index contributed by atoms with van der Waals surface area (Å²) in [5.41, 5.74) is 0.826. The van der Waals surface area contributed by atoms with Crippen LogP contribution in [0.4, 0.5) is 5.69 Å². The van der Waals surface area contributed by atoms with Gasteiger partial charge in [-0.05, 0) is 37.8 Å². The third-order valence-electron chi connectivity index (χ3n) is 4.97. The van der Waals surface area contributed by atoms with E-state index in [1.165, 1.54) is 12.8 Å². The van der Waals surface area contributed by atoms with Gasteiger partial charge < -0.3 is 10.6 Å². The van der Waals surface area contributed by atoms with Gasteiger partial charge in [-0.15, -0.1) is 0 Å². The number of anilines is 1. The Morgan fingerprint density at radius 1 is 1.00 bits per heavy atom. The average Bonchev–Trinajstić information content (AvgIpc) is 3.42. The van der Waals surface area contributed by atoms with E-state index in [0.29, 0.717) is 25.0 Å². The van der Waals surface area contributed by atoms with Gasteiger partial charge in [0.25, 0.3) is 0 Å². The third-order valence-corrected chi connectivity index (χ3v) is 4.97. The van der Waals surface area contributed by atoms with Gasteiger partial charge in [-0.2, -0.15) is 0 Å². The van der Waals surface area contributed by atoms with E-state index >= 15 is 0 Å². The second-order valence-electron chi connectivity index (χ2n) is 7.16. The monoisotopic (exact) mass is 344 g/mol. The van der Waals surface area contributed by atoms with Crippen molar-refractivity contribution in [2.45, 2.75) is 25.8 Å². The SMILES string of the molecule is C[C@H](NC(=O)CN1CCN(CC(=O)Nc2ccccc2)CC1)C1CC1. The first-order chi connectivity index (χ1) is 12.1. The van der Waals surface area contributed by atoms with Crippen LogP contribution in [-0.4, -0.2) is 66.9 Å². The molecule has 0 spiro atoms. The van der Waals surface area contributed by atoms with Gasteiger partial charge in [0.2, 0.25) is 11.8 Å². The van der Waals surface area contributed by atoms with Gasteiger partial charge in [-0.3, -0.25) is 19.4 Å². The Morgan fingerprint density at radius 3 is 2.12 bits per heavy atom. The van der Waals surface area contributed by atoms with E-state index < -0.39 is 0 Å². The summed E-state index contributed by atoms with van der Waals surface area (Å²) in [5.74, 6) is 0.814. The highest BCUT2D eigenvalue weighted by Crippen LogP contribution is 2.32. The molecule has 2 fully saturated rings. The molecule has 0 aromatic heterocycles. The largest absolute Gasteiger partial charge is 0.352 e. The van der Waals surface area contributed by atoms with Crippen LogP contribution in [0.25, 0.3) is 0 Å². The minimum atomic E-state index is 0.00986. The fourth-order valence-electron chi connectivity index (χ4n) is 3.25. The molecule has 3 rings (SSSR count). The fourth-order valence-corrected chi connectivity index (χ4v) is 3.25. The molecule has 25 heavy (non-hydrogen) atoms. The molecule has 1 aliphatic carbocycles. The van der Waals surface area contributed by atoms with Crippen LogP contribution in [0, 0.1) is 5.92 Å². The van der Waals surface area contributed by atoms with Gasteiger partial charge in [0.05, 0.1) is 13.1 Å². The number of benzene rings is 1. The normalized spacial score (nSPS) is 20.0. The zero-order valence-corrected chi connectivity index (χ0v) is 14.9. The molecule has 1 atom stereocenters. The first-order valence-electron chi connectivity index (χ1n) is 9.19. The summed E-state index contributed by atoms with van der Waals surface area (Å²) in [7, 11) is 0. The van der Waals surface area contributed by atoms with E-state index in [-0.39, 0.29) is 11.8 Å². The van der Waals surface area contributed by atoms with Gasteiger partial charge in [0, 0.05) is 37.9 Å². The van der Waals surface area contributed by atoms with Crippen LogP contribution in [0.5, 0.6) is 0 Å². The van der Waals surface area contributed by atoms with Crippen LogP contribution in [-0.2, 0) is 9.59 Å². The molecular formula is C19H28N4O2. The summed E-state index contributed by atoms with van der Waals surface area (Å²) in [6.45, 7) is 6.22. The number of carbonyl (C=O) groups excluding carboxylic acids is 2. The molecule has 1 saturated carbocycles. The number of hydrogen-bond acceptors (Lipinski definition) is 4. The molecule has 6 heteroatoms. The predicted octanol–water partition coefficient (Wildman–Crippen LogP) is 1.16. The van der Waals surface area contributed by atoms with Crippen molar-refractivity contribution < 1.29 is 9.59 Å². The second kappa shape index (κ2) is 8.45. The Bertz CT molecular complexity index is 580. The zero-order valence-electron chi connectivity index (χ0n) is 14.9. The summed E-state index contributed by atoms with van der Waals surface area (Å²) in [6, 6.07) is 9.81. The molecule has 1 aromatic rings. The number of carbonyl (C=O) groups is 2. The van der Waals surface area contributed by atoms with Crippen LogP contribution in [0.3, 0.4) is 0 Å². The number of para-hydroxylation sites is 1. The summed E-state index contributed by atoms with van der Waals surface area (Å²) in [6.07, 6.45) is 2.48. The van der Waals surface area contributed by atoms with Gasteiger partial charge in [-0.1, -0.05) is 18.2 Å². The number of amides is 2. The molecule has 1 aromatic carbocycles. The van der Waals surface area contributed by atoms with Crippen LogP contribution >= 0.6 is 0 Å². The van der Waals surface area contributed by atoms with E-state index in [2.05, 4.69) is 27.4 Å². The van der Waals surface area contributed by atoms with E-state index in [0.717, 1.165) is 31.9 Å². The topological polar surface area (TPSA) is 64.7 Å². The smallest absolute Gasteiger partial charge is 0.238 e. The number of hydrogen-bond donors (Lipinski definition) is 2. The minimum absolute atomic E-state index is 0.00986. The molecule has 1 saturated heterocycles. The summed E-state index contributed by atoms with van der Waals surface area (Å²) >= 11 is 0. The summed E-state index contributed by atoms with van der Waals surface area (Å²) in [4.78, 5) is 28.5. The number of nitrogens with zero attached hydrogens (tertiary/aromatic N) is 2. The Labute approximate surface area is 149 Å². The lowest BCUT2D eigenvalue weighted by atomic mass is 10.2. The van der Waals surface area contributed by atoms with Crippen LogP contribution < -0.4 is 10.6 Å². The molecular weight excluding hydrogens is 316 g/mol. The van der Waals surface area contributed by atoms with Crippen molar-refractivity contribution in [1.29, 1.82) is 0 Å². The maximum absolute atomic E-state index is 12.1. The zero-order chi connectivity index (χ0) is 17.6. The molecule has 1 aliphatic heterocycles. The van der Waals surface area contributed by atoms with E-state index in [1.54, 1.807) is 0 Å². The number of piperazine rings is 1. The van der Waals surface area contributed by atoms with Crippen molar-refractivity contribution >= 4 is 17.5 Å². The summed E-state index contributed by atoms with van der Waals surface area (Å²) in [5, 5.41) is 6.01. The second-order valence-corrected chi connectivity index (χ2v) is 7.16. The van der Waals surface area contributed by atoms with E-state index in [4.69, 9.17) is 0 Å². The van der Waals surface area contributed by atoms with Gasteiger partial charge >= 0.3 is 0 Å². The molecule has 6 nitrogen and oxygen atoms in total. The average molecular weight is 344 g/mol. The summed E-state index contributed by atoms with van der Waals surface area (Å²) < 4.78 is 0. The van der Waals surface area contributed by atoms with Gasteiger partial charge in [0.15, 0.2) is 0 Å². The Kier molecular flexibility index (Phi) is 6.04. The van der Waals surface area contributed by atoms with Crippen molar-refractivity contribution in [3.8, 4) is 0 Å². The van der Waals surface area contributed by atoms with Crippen molar-refractivity contribution in [2.75, 3.05) is 44.6 Å². The molecule has 0 radical (unpaired) electrons. The highest BCUT2D eigenvalue weighted by atomic mass is 16.2. The minimum Gasteiger partial charge on any atom is -0.352 e. The molecule has 2 amide bonds. The standard InChI is InChI=1S/C19H28N4O2/c1-15(16-7-8-16)20-18(24)13-22-9-11-23(12-10-22)14-19(25)21-17-5-3-2-4-6-17/h2-6,15-16H,7-14H2,1H3,(H,20,24)(H,21,25)/t15-/m0/s1. The maximum atomic E-state index is 12.1. The quantitative estimate of drug-likeness (QED) is 0.779.